The zero-order valence-electron chi connectivity index (χ0n) is 11.0. The first-order valence-electron chi connectivity index (χ1n) is 6.33. The maximum Gasteiger partial charge on any atom is 0.332 e. The summed E-state index contributed by atoms with van der Waals surface area (Å²) in [5.41, 5.74) is 0.737. The first-order valence-corrected chi connectivity index (χ1v) is 6.33. The number of hydrogen-bond donors (Lipinski definition) is 3. The van der Waals surface area contributed by atoms with E-state index in [4.69, 9.17) is 9.84 Å². The van der Waals surface area contributed by atoms with E-state index >= 15 is 0 Å². The number of carbonyl (C=O) groups is 3. The van der Waals surface area contributed by atoms with Crippen molar-refractivity contribution in [2.75, 3.05) is 6.54 Å². The Hall–Kier alpha value is -2.15. The first-order chi connectivity index (χ1) is 9.47. The number of Topliss-reactive ketones (excluding diaryl/α,β-unsaturated/α-hetero) is 1. The molecule has 0 radical (unpaired) electrons. The highest BCUT2D eigenvalue weighted by Gasteiger charge is 2.30. The second kappa shape index (κ2) is 5.87. The molecule has 2 heterocycles. The van der Waals surface area contributed by atoms with Crippen LogP contribution in [0.25, 0.3) is 0 Å². The van der Waals surface area contributed by atoms with Crippen molar-refractivity contribution in [3.63, 3.8) is 0 Å². The van der Waals surface area contributed by atoms with E-state index in [1.807, 2.05) is 0 Å². The van der Waals surface area contributed by atoms with Crippen molar-refractivity contribution in [1.29, 1.82) is 0 Å². The maximum absolute atomic E-state index is 11.8. The van der Waals surface area contributed by atoms with Crippen molar-refractivity contribution in [3.8, 4) is 0 Å². The second-order valence-corrected chi connectivity index (χ2v) is 4.73. The van der Waals surface area contributed by atoms with Crippen LogP contribution >= 0.6 is 0 Å². The molecule has 0 spiro atoms. The van der Waals surface area contributed by atoms with Crippen molar-refractivity contribution in [2.24, 2.45) is 0 Å². The molecule has 7 heteroatoms. The van der Waals surface area contributed by atoms with Gasteiger partial charge in [-0.15, -0.1) is 0 Å². The molecule has 0 aromatic carbocycles. The van der Waals surface area contributed by atoms with Gasteiger partial charge in [0.05, 0.1) is 6.10 Å². The molecule has 1 amide bonds. The Bertz CT molecular complexity index is 537. The van der Waals surface area contributed by atoms with Crippen molar-refractivity contribution < 1.29 is 24.2 Å². The number of amides is 1. The van der Waals surface area contributed by atoms with Gasteiger partial charge in [-0.2, -0.15) is 0 Å². The Morgan fingerprint density at radius 3 is 2.75 bits per heavy atom. The summed E-state index contributed by atoms with van der Waals surface area (Å²) in [6.07, 6.45) is 1.45. The van der Waals surface area contributed by atoms with Gasteiger partial charge in [0.1, 0.15) is 5.69 Å². The number of aromatic amines is 1. The second-order valence-electron chi connectivity index (χ2n) is 4.73. The minimum absolute atomic E-state index is 0.122. The molecule has 2 rings (SSSR count). The zero-order chi connectivity index (χ0) is 14.7. The Labute approximate surface area is 115 Å². The van der Waals surface area contributed by atoms with Crippen molar-refractivity contribution in [3.05, 3.63) is 23.5 Å². The Morgan fingerprint density at radius 2 is 2.20 bits per heavy atom. The van der Waals surface area contributed by atoms with E-state index in [1.165, 1.54) is 19.2 Å². The van der Waals surface area contributed by atoms with Crippen LogP contribution in [0.1, 0.15) is 40.6 Å². The number of nitrogens with one attached hydrogen (secondary N) is 2. The molecule has 1 aromatic heterocycles. The van der Waals surface area contributed by atoms with E-state index < -0.39 is 12.1 Å². The Morgan fingerprint density at radius 1 is 1.45 bits per heavy atom. The summed E-state index contributed by atoms with van der Waals surface area (Å²) in [5.74, 6) is -1.45. The fourth-order valence-electron chi connectivity index (χ4n) is 2.07. The van der Waals surface area contributed by atoms with Gasteiger partial charge in [0.25, 0.3) is 5.91 Å². The average molecular weight is 280 g/mol. The van der Waals surface area contributed by atoms with Crippen LogP contribution in [0.4, 0.5) is 0 Å². The summed E-state index contributed by atoms with van der Waals surface area (Å²) in [6, 6.07) is 1.48. The molecule has 1 aliphatic rings. The molecule has 3 N–H and O–H groups in total. The van der Waals surface area contributed by atoms with Gasteiger partial charge in [-0.05, 0) is 25.8 Å². The molecule has 20 heavy (non-hydrogen) atoms. The molecule has 0 bridgehead atoms. The van der Waals surface area contributed by atoms with E-state index in [0.717, 1.165) is 0 Å². The molecule has 7 nitrogen and oxygen atoms in total. The number of H-pyrrole nitrogens is 1. The van der Waals surface area contributed by atoms with Gasteiger partial charge in [0.2, 0.25) is 0 Å². The first kappa shape index (κ1) is 14.3. The number of carboxylic acid groups (broad SMARTS) is 1. The predicted molar refractivity (Wildman–Crippen MR) is 68.7 cm³/mol. The lowest BCUT2D eigenvalue weighted by Crippen LogP contribution is -2.33. The Balaban J connectivity index is 1.83. The molecular weight excluding hydrogens is 264 g/mol. The number of hydrogen-bond acceptors (Lipinski definition) is 4. The number of carbonyl (C=O) groups excluding carboxylic acids is 2. The number of ketones is 1. The molecule has 2 atom stereocenters. The van der Waals surface area contributed by atoms with Gasteiger partial charge in [-0.1, -0.05) is 0 Å². The van der Waals surface area contributed by atoms with Gasteiger partial charge in [-0.3, -0.25) is 9.59 Å². The molecule has 108 valence electrons. The van der Waals surface area contributed by atoms with Crippen LogP contribution in [-0.2, 0) is 9.53 Å². The van der Waals surface area contributed by atoms with E-state index in [9.17, 15) is 14.4 Å². The summed E-state index contributed by atoms with van der Waals surface area (Å²) in [6.45, 7) is 1.67. The minimum atomic E-state index is -0.978. The summed E-state index contributed by atoms with van der Waals surface area (Å²) in [7, 11) is 0. The fourth-order valence-corrected chi connectivity index (χ4v) is 2.07. The van der Waals surface area contributed by atoms with E-state index in [2.05, 4.69) is 10.3 Å². The zero-order valence-corrected chi connectivity index (χ0v) is 11.0. The van der Waals surface area contributed by atoms with Gasteiger partial charge in [0.15, 0.2) is 11.9 Å². The highest BCUT2D eigenvalue weighted by Crippen LogP contribution is 2.19. The highest BCUT2D eigenvalue weighted by atomic mass is 16.5. The highest BCUT2D eigenvalue weighted by molar-refractivity contribution is 5.99. The number of carboxylic acids is 1. The largest absolute Gasteiger partial charge is 0.479 e. The van der Waals surface area contributed by atoms with Gasteiger partial charge in [-0.25, -0.2) is 4.79 Å². The van der Waals surface area contributed by atoms with Crippen molar-refractivity contribution in [1.82, 2.24) is 10.3 Å². The molecule has 1 fully saturated rings. The van der Waals surface area contributed by atoms with Crippen LogP contribution in [0.15, 0.2) is 12.3 Å². The monoisotopic (exact) mass is 280 g/mol. The topological polar surface area (TPSA) is 108 Å². The van der Waals surface area contributed by atoms with Gasteiger partial charge < -0.3 is 20.1 Å². The lowest BCUT2D eigenvalue weighted by Gasteiger charge is -2.11. The molecule has 1 aliphatic heterocycles. The van der Waals surface area contributed by atoms with Crippen LogP contribution in [0.5, 0.6) is 0 Å². The number of aromatic nitrogens is 1. The third kappa shape index (κ3) is 3.24. The van der Waals surface area contributed by atoms with Crippen LogP contribution in [-0.4, -0.2) is 46.5 Å². The standard InChI is InChI=1S/C13H16N2O5/c1-7(16)8-4-10(14-5-8)12(17)15-6-9-2-3-11(20-9)13(18)19/h4-5,9,11,14H,2-3,6H2,1H3,(H,15,17)(H,18,19). The fraction of sp³-hybridized carbons (Fsp3) is 0.462. The van der Waals surface area contributed by atoms with Crippen LogP contribution in [0.2, 0.25) is 0 Å². The Kier molecular flexibility index (Phi) is 4.19. The normalized spacial score (nSPS) is 21.6. The third-order valence-electron chi connectivity index (χ3n) is 3.21. The number of rotatable bonds is 5. The summed E-state index contributed by atoms with van der Waals surface area (Å²) in [4.78, 5) is 36.4. The van der Waals surface area contributed by atoms with Crippen molar-refractivity contribution in [2.45, 2.75) is 32.0 Å². The SMILES string of the molecule is CC(=O)c1c[nH]c(C(=O)NCC2CCC(C(=O)O)O2)c1. The molecule has 1 aromatic rings. The van der Waals surface area contributed by atoms with Gasteiger partial charge >= 0.3 is 5.97 Å². The summed E-state index contributed by atoms with van der Waals surface area (Å²) < 4.78 is 5.27. The smallest absolute Gasteiger partial charge is 0.332 e. The predicted octanol–water partition coefficient (Wildman–Crippen LogP) is 0.579. The summed E-state index contributed by atoms with van der Waals surface area (Å²) in [5, 5.41) is 11.4. The quantitative estimate of drug-likeness (QED) is 0.684. The van der Waals surface area contributed by atoms with Crippen LogP contribution in [0.3, 0.4) is 0 Å². The summed E-state index contributed by atoms with van der Waals surface area (Å²) >= 11 is 0. The third-order valence-corrected chi connectivity index (χ3v) is 3.21. The average Bonchev–Trinajstić information content (AvgIpc) is 3.05. The number of aliphatic carboxylic acids is 1. The molecule has 0 saturated carbocycles. The molecular formula is C13H16N2O5. The van der Waals surface area contributed by atoms with Crippen LogP contribution < -0.4 is 5.32 Å². The van der Waals surface area contributed by atoms with E-state index in [1.54, 1.807) is 0 Å². The van der Waals surface area contributed by atoms with Crippen LogP contribution in [0, 0.1) is 0 Å². The van der Waals surface area contributed by atoms with E-state index in [-0.39, 0.29) is 24.3 Å². The lowest BCUT2D eigenvalue weighted by molar-refractivity contribution is -0.149. The molecule has 2 unspecified atom stereocenters. The van der Waals surface area contributed by atoms with E-state index in [0.29, 0.717) is 24.1 Å². The number of ether oxygens (including phenoxy) is 1. The molecule has 1 saturated heterocycles. The molecule has 0 aliphatic carbocycles. The minimum Gasteiger partial charge on any atom is -0.479 e. The van der Waals surface area contributed by atoms with Crippen molar-refractivity contribution >= 4 is 17.7 Å². The van der Waals surface area contributed by atoms with Gasteiger partial charge in [0, 0.05) is 18.3 Å². The maximum atomic E-state index is 11.8. The lowest BCUT2D eigenvalue weighted by atomic mass is 10.2.